The maximum absolute atomic E-state index is 13.1. The molecule has 2 aromatic heterocycles. The van der Waals surface area contributed by atoms with Crippen LogP contribution in [0.3, 0.4) is 0 Å². The van der Waals surface area contributed by atoms with Crippen molar-refractivity contribution in [3.8, 4) is 11.5 Å². The second-order valence-electron chi connectivity index (χ2n) is 5.22. The maximum Gasteiger partial charge on any atom is 0.259 e. The van der Waals surface area contributed by atoms with Gasteiger partial charge in [0.25, 0.3) is 5.89 Å². The van der Waals surface area contributed by atoms with E-state index in [2.05, 4.69) is 36.4 Å². The quantitative estimate of drug-likeness (QED) is 0.579. The molecule has 0 aliphatic heterocycles. The van der Waals surface area contributed by atoms with Crippen molar-refractivity contribution in [1.29, 1.82) is 0 Å². The third-order valence-electron chi connectivity index (χ3n) is 3.32. The average Bonchev–Trinajstić information content (AvgIpc) is 3.12. The summed E-state index contributed by atoms with van der Waals surface area (Å²) in [5.41, 5.74) is 1.24. The van der Waals surface area contributed by atoms with E-state index >= 15 is 0 Å². The van der Waals surface area contributed by atoms with E-state index in [-0.39, 0.29) is 17.5 Å². The fourth-order valence-electron chi connectivity index (χ4n) is 2.02. The van der Waals surface area contributed by atoms with Crippen LogP contribution in [-0.2, 0) is 11.2 Å². The minimum atomic E-state index is -0.374. The van der Waals surface area contributed by atoms with Crippen molar-refractivity contribution in [2.24, 2.45) is 0 Å². The number of aryl methyl sites for hydroxylation is 1. The molecule has 0 aliphatic carbocycles. The molecule has 0 aliphatic rings. The lowest BCUT2D eigenvalue weighted by Crippen LogP contribution is -2.14. The third kappa shape index (κ3) is 4.67. The van der Waals surface area contributed by atoms with Crippen molar-refractivity contribution >= 4 is 39.3 Å². The Balaban J connectivity index is 1.56. The largest absolute Gasteiger partial charge is 0.334 e. The first-order valence-electron chi connectivity index (χ1n) is 7.72. The van der Waals surface area contributed by atoms with Crippen LogP contribution >= 0.6 is 27.7 Å². The molecular weight excluding hydrogens is 423 g/mol. The first kappa shape index (κ1) is 18.5. The maximum atomic E-state index is 13.1. The van der Waals surface area contributed by atoms with Gasteiger partial charge < -0.3 is 9.84 Å². The molecule has 134 valence electrons. The Morgan fingerprint density at radius 2 is 2.19 bits per heavy atom. The highest BCUT2D eigenvalue weighted by molar-refractivity contribution is 9.10. The summed E-state index contributed by atoms with van der Waals surface area (Å²) < 4.78 is 18.7. The predicted octanol–water partition coefficient (Wildman–Crippen LogP) is 4.33. The zero-order valence-corrected chi connectivity index (χ0v) is 16.1. The molecular formula is C17H14BrFN4O2S. The van der Waals surface area contributed by atoms with Crippen molar-refractivity contribution in [1.82, 2.24) is 15.1 Å². The first-order valence-corrected chi connectivity index (χ1v) is 9.49. The number of amides is 1. The van der Waals surface area contributed by atoms with Crippen LogP contribution in [0.15, 0.2) is 50.6 Å². The van der Waals surface area contributed by atoms with Crippen molar-refractivity contribution in [3.05, 3.63) is 52.6 Å². The number of carbonyl (C=O) groups excluding carboxylic acids is 1. The van der Waals surface area contributed by atoms with Crippen molar-refractivity contribution in [2.75, 3.05) is 11.1 Å². The molecule has 3 aromatic rings. The molecule has 3 rings (SSSR count). The lowest BCUT2D eigenvalue weighted by molar-refractivity contribution is -0.113. The van der Waals surface area contributed by atoms with E-state index in [0.717, 1.165) is 5.56 Å². The molecule has 1 N–H and O–H groups in total. The van der Waals surface area contributed by atoms with Gasteiger partial charge in [-0.3, -0.25) is 4.79 Å². The zero-order chi connectivity index (χ0) is 18.5. The first-order chi connectivity index (χ1) is 12.5. The molecule has 0 saturated heterocycles. The summed E-state index contributed by atoms with van der Waals surface area (Å²) in [6, 6.07) is 7.69. The second-order valence-corrected chi connectivity index (χ2v) is 7.07. The topological polar surface area (TPSA) is 80.9 Å². The van der Waals surface area contributed by atoms with Crippen LogP contribution in [0.5, 0.6) is 0 Å². The van der Waals surface area contributed by atoms with E-state index in [9.17, 15) is 9.18 Å². The molecule has 1 aromatic carbocycles. The van der Waals surface area contributed by atoms with Gasteiger partial charge in [0.2, 0.25) is 5.91 Å². The van der Waals surface area contributed by atoms with Gasteiger partial charge in [0.05, 0.1) is 22.0 Å². The molecule has 0 saturated carbocycles. The van der Waals surface area contributed by atoms with Crippen LogP contribution in [0.4, 0.5) is 10.1 Å². The fourth-order valence-corrected chi connectivity index (χ4v) is 3.12. The summed E-state index contributed by atoms with van der Waals surface area (Å²) in [6.45, 7) is 1.95. The van der Waals surface area contributed by atoms with Gasteiger partial charge in [-0.2, -0.15) is 4.98 Å². The van der Waals surface area contributed by atoms with Crippen LogP contribution in [-0.4, -0.2) is 26.8 Å². The number of halogens is 2. The van der Waals surface area contributed by atoms with Crippen molar-refractivity contribution in [3.63, 3.8) is 0 Å². The summed E-state index contributed by atoms with van der Waals surface area (Å²) in [4.78, 5) is 20.6. The lowest BCUT2D eigenvalue weighted by Gasteiger charge is -2.07. The van der Waals surface area contributed by atoms with E-state index in [1.54, 1.807) is 12.3 Å². The molecule has 6 nitrogen and oxygen atoms in total. The van der Waals surface area contributed by atoms with E-state index in [1.165, 1.54) is 30.0 Å². The highest BCUT2D eigenvalue weighted by Gasteiger charge is 2.10. The van der Waals surface area contributed by atoms with Gasteiger partial charge in [-0.05, 0) is 46.3 Å². The molecule has 0 bridgehead atoms. The van der Waals surface area contributed by atoms with Crippen LogP contribution in [0, 0.1) is 5.82 Å². The second kappa shape index (κ2) is 8.41. The van der Waals surface area contributed by atoms with E-state index in [0.29, 0.717) is 33.3 Å². The normalized spacial score (nSPS) is 10.7. The number of thioether (sulfide) groups is 1. The number of hydrogen-bond donors (Lipinski definition) is 1. The minimum absolute atomic E-state index is 0.177. The highest BCUT2D eigenvalue weighted by Crippen LogP contribution is 2.24. The van der Waals surface area contributed by atoms with Gasteiger partial charge in [-0.25, -0.2) is 9.37 Å². The Morgan fingerprint density at radius 1 is 1.35 bits per heavy atom. The minimum Gasteiger partial charge on any atom is -0.334 e. The number of anilines is 1. The zero-order valence-electron chi connectivity index (χ0n) is 13.7. The summed E-state index contributed by atoms with van der Waals surface area (Å²) in [6.07, 6.45) is 2.33. The Labute approximate surface area is 161 Å². The molecule has 0 spiro atoms. The van der Waals surface area contributed by atoms with Gasteiger partial charge >= 0.3 is 0 Å². The van der Waals surface area contributed by atoms with Gasteiger partial charge in [0.15, 0.2) is 5.82 Å². The third-order valence-corrected chi connectivity index (χ3v) is 4.92. The predicted molar refractivity (Wildman–Crippen MR) is 100 cm³/mol. The summed E-state index contributed by atoms with van der Waals surface area (Å²) >= 11 is 4.51. The summed E-state index contributed by atoms with van der Waals surface area (Å²) in [7, 11) is 0. The number of hydrogen-bond acceptors (Lipinski definition) is 6. The van der Waals surface area contributed by atoms with Crippen LogP contribution in [0.2, 0.25) is 0 Å². The van der Waals surface area contributed by atoms with Crippen molar-refractivity contribution in [2.45, 2.75) is 18.4 Å². The smallest absolute Gasteiger partial charge is 0.259 e. The number of benzene rings is 1. The number of carbonyl (C=O) groups is 1. The highest BCUT2D eigenvalue weighted by atomic mass is 79.9. The van der Waals surface area contributed by atoms with Crippen LogP contribution in [0.25, 0.3) is 11.5 Å². The van der Waals surface area contributed by atoms with Gasteiger partial charge in [-0.15, -0.1) is 0 Å². The molecule has 0 unspecified atom stereocenters. The molecule has 0 fully saturated rings. The standard InChI is InChI=1S/C17H14BrFN4O2S/c1-2-14-22-17(25-23-14)10-3-6-16(20-8-10)26-9-15(24)21-13-5-4-11(19)7-12(13)18/h3-8H,2,9H2,1H3,(H,21,24). The van der Waals surface area contributed by atoms with Gasteiger partial charge in [0.1, 0.15) is 5.82 Å². The summed E-state index contributed by atoms with van der Waals surface area (Å²) in [5, 5.41) is 7.26. The molecule has 1 amide bonds. The monoisotopic (exact) mass is 436 g/mol. The Bertz CT molecular complexity index is 917. The number of pyridine rings is 1. The van der Waals surface area contributed by atoms with E-state index in [1.807, 2.05) is 13.0 Å². The van der Waals surface area contributed by atoms with Crippen molar-refractivity contribution < 1.29 is 13.7 Å². The number of nitrogens with zero attached hydrogens (tertiary/aromatic N) is 3. The Morgan fingerprint density at radius 3 is 2.85 bits per heavy atom. The van der Waals surface area contributed by atoms with Gasteiger partial charge in [-0.1, -0.05) is 23.8 Å². The summed E-state index contributed by atoms with van der Waals surface area (Å²) in [5.74, 6) is 0.655. The van der Waals surface area contributed by atoms with Crippen LogP contribution < -0.4 is 5.32 Å². The van der Waals surface area contributed by atoms with E-state index in [4.69, 9.17) is 4.52 Å². The molecule has 9 heteroatoms. The fraction of sp³-hybridized carbons (Fsp3) is 0.176. The number of aromatic nitrogens is 3. The van der Waals surface area contributed by atoms with Crippen LogP contribution in [0.1, 0.15) is 12.7 Å². The molecule has 26 heavy (non-hydrogen) atoms. The van der Waals surface area contributed by atoms with Gasteiger partial charge in [0, 0.05) is 17.1 Å². The lowest BCUT2D eigenvalue weighted by atomic mass is 10.3. The average molecular weight is 437 g/mol. The molecule has 0 radical (unpaired) electrons. The number of rotatable bonds is 6. The SMILES string of the molecule is CCc1noc(-c2ccc(SCC(=O)Nc3ccc(F)cc3Br)nc2)n1. The Hall–Kier alpha value is -2.26. The Kier molecular flexibility index (Phi) is 6.00. The molecule has 2 heterocycles. The van der Waals surface area contributed by atoms with E-state index < -0.39 is 0 Å². The molecule has 0 atom stereocenters. The number of nitrogens with one attached hydrogen (secondary N) is 1.